The summed E-state index contributed by atoms with van der Waals surface area (Å²) in [5.74, 6) is -1.07. The van der Waals surface area contributed by atoms with Crippen molar-refractivity contribution in [3.8, 4) is 0 Å². The molecule has 0 N–H and O–H groups in total. The summed E-state index contributed by atoms with van der Waals surface area (Å²) < 4.78 is 13.1. The maximum atomic E-state index is 12.8. The first-order chi connectivity index (χ1) is 13.1. The molecule has 27 heavy (non-hydrogen) atoms. The molecule has 3 rings (SSSR count). The molecule has 0 aliphatic rings. The number of halogens is 1. The van der Waals surface area contributed by atoms with Gasteiger partial charge in [0, 0.05) is 21.9 Å². The second-order valence-electron chi connectivity index (χ2n) is 5.90. The van der Waals surface area contributed by atoms with Crippen LogP contribution in [0.2, 0.25) is 0 Å². The summed E-state index contributed by atoms with van der Waals surface area (Å²) in [7, 11) is 0. The number of fused-ring (bicyclic) bond motifs is 1. The fourth-order valence-electron chi connectivity index (χ4n) is 3.08. The topological polar surface area (TPSA) is 57.5 Å². The zero-order valence-corrected chi connectivity index (χ0v) is 16.8. The molecule has 0 saturated heterocycles. The second kappa shape index (κ2) is 8.39. The fraction of sp³-hybridized carbons (Fsp3) is 0.238. The van der Waals surface area contributed by atoms with Crippen LogP contribution in [0.4, 0.5) is 0 Å². The minimum absolute atomic E-state index is 0.215. The molecule has 1 aromatic heterocycles. The zero-order valence-electron chi connectivity index (χ0n) is 15.2. The molecule has 1 heterocycles. The van der Waals surface area contributed by atoms with Crippen LogP contribution in [0, 0.1) is 0 Å². The van der Waals surface area contributed by atoms with E-state index in [-0.39, 0.29) is 24.5 Å². The number of nitrogens with zero attached hydrogens (tertiary/aromatic N) is 1. The monoisotopic (exact) mass is 429 g/mol. The first-order valence-electron chi connectivity index (χ1n) is 8.76. The van der Waals surface area contributed by atoms with E-state index in [1.807, 2.05) is 53.1 Å². The highest BCUT2D eigenvalue weighted by Crippen LogP contribution is 2.31. The third kappa shape index (κ3) is 3.90. The molecule has 0 spiro atoms. The Morgan fingerprint density at radius 2 is 1.63 bits per heavy atom. The van der Waals surface area contributed by atoms with E-state index in [1.165, 1.54) is 0 Å². The summed E-state index contributed by atoms with van der Waals surface area (Å²) in [4.78, 5) is 25.5. The van der Waals surface area contributed by atoms with Crippen molar-refractivity contribution in [2.45, 2.75) is 20.4 Å². The van der Waals surface area contributed by atoms with E-state index in [0.29, 0.717) is 11.9 Å². The van der Waals surface area contributed by atoms with Gasteiger partial charge in [0.15, 0.2) is 0 Å². The molecule has 0 aliphatic carbocycles. The number of esters is 2. The van der Waals surface area contributed by atoms with E-state index in [9.17, 15) is 9.59 Å². The molecule has 0 aliphatic heterocycles. The Morgan fingerprint density at radius 1 is 0.963 bits per heavy atom. The average Bonchev–Trinajstić information content (AvgIpc) is 2.96. The Morgan fingerprint density at radius 3 is 2.30 bits per heavy atom. The van der Waals surface area contributed by atoms with Crippen molar-refractivity contribution in [2.75, 3.05) is 13.2 Å². The normalized spacial score (nSPS) is 10.8. The van der Waals surface area contributed by atoms with Gasteiger partial charge in [-0.2, -0.15) is 0 Å². The lowest BCUT2D eigenvalue weighted by Gasteiger charge is -2.11. The van der Waals surface area contributed by atoms with Crippen molar-refractivity contribution in [1.82, 2.24) is 4.57 Å². The molecule has 0 bridgehead atoms. The molecule has 0 atom stereocenters. The number of rotatable bonds is 6. The van der Waals surface area contributed by atoms with Crippen LogP contribution in [0.25, 0.3) is 10.9 Å². The molecule has 3 aromatic rings. The number of carbonyl (C=O) groups excluding carboxylic acids is 2. The van der Waals surface area contributed by atoms with E-state index in [1.54, 1.807) is 13.8 Å². The number of hydrogen-bond acceptors (Lipinski definition) is 4. The van der Waals surface area contributed by atoms with Gasteiger partial charge >= 0.3 is 11.9 Å². The molecule has 140 valence electrons. The highest BCUT2D eigenvalue weighted by atomic mass is 79.9. The quantitative estimate of drug-likeness (QED) is 0.527. The molecule has 0 unspecified atom stereocenters. The van der Waals surface area contributed by atoms with E-state index < -0.39 is 11.9 Å². The summed E-state index contributed by atoms with van der Waals surface area (Å²) in [5.41, 5.74) is 2.24. The van der Waals surface area contributed by atoms with Gasteiger partial charge in [0.25, 0.3) is 0 Å². The Balaban J connectivity index is 2.29. The maximum Gasteiger partial charge on any atom is 0.355 e. The minimum Gasteiger partial charge on any atom is -0.462 e. The Hall–Kier alpha value is -2.60. The standard InChI is InChI=1S/C21H20BrNO4/c1-3-26-20(24)18-16-12-15(22)10-11-17(16)23(19(18)21(25)27-4-2)13-14-8-6-5-7-9-14/h5-12H,3-4,13H2,1-2H3. The average molecular weight is 430 g/mol. The van der Waals surface area contributed by atoms with Gasteiger partial charge in [-0.1, -0.05) is 46.3 Å². The number of hydrogen-bond donors (Lipinski definition) is 0. The highest BCUT2D eigenvalue weighted by Gasteiger charge is 2.29. The summed E-state index contributed by atoms with van der Waals surface area (Å²) in [6.07, 6.45) is 0. The van der Waals surface area contributed by atoms with Crippen LogP contribution in [0.15, 0.2) is 53.0 Å². The summed E-state index contributed by atoms with van der Waals surface area (Å²) in [6.45, 7) is 4.36. The SMILES string of the molecule is CCOC(=O)c1c(C(=O)OCC)n(Cc2ccccc2)c2ccc(Br)cc12. The van der Waals surface area contributed by atoms with Crippen LogP contribution in [0.1, 0.15) is 40.3 Å². The molecule has 2 aromatic carbocycles. The van der Waals surface area contributed by atoms with E-state index >= 15 is 0 Å². The van der Waals surface area contributed by atoms with Crippen molar-refractivity contribution >= 4 is 38.8 Å². The first kappa shape index (κ1) is 19.2. The van der Waals surface area contributed by atoms with Crippen LogP contribution in [-0.4, -0.2) is 29.7 Å². The van der Waals surface area contributed by atoms with Gasteiger partial charge in [-0.15, -0.1) is 0 Å². The summed E-state index contributed by atoms with van der Waals surface area (Å²) in [5, 5.41) is 0.654. The van der Waals surface area contributed by atoms with Crippen LogP contribution in [0.5, 0.6) is 0 Å². The third-order valence-corrected chi connectivity index (χ3v) is 4.65. The van der Waals surface area contributed by atoms with Gasteiger partial charge in [-0.3, -0.25) is 0 Å². The lowest BCUT2D eigenvalue weighted by molar-refractivity contribution is 0.0472. The largest absolute Gasteiger partial charge is 0.462 e. The Kier molecular flexibility index (Phi) is 5.96. The van der Waals surface area contributed by atoms with Crippen LogP contribution >= 0.6 is 15.9 Å². The maximum absolute atomic E-state index is 12.8. The van der Waals surface area contributed by atoms with Gasteiger partial charge in [-0.25, -0.2) is 9.59 Å². The van der Waals surface area contributed by atoms with E-state index in [0.717, 1.165) is 15.6 Å². The number of benzene rings is 2. The molecule has 0 radical (unpaired) electrons. The lowest BCUT2D eigenvalue weighted by atomic mass is 10.1. The highest BCUT2D eigenvalue weighted by molar-refractivity contribution is 9.10. The number of ether oxygens (including phenoxy) is 2. The van der Waals surface area contributed by atoms with Crippen molar-refractivity contribution in [3.63, 3.8) is 0 Å². The first-order valence-corrected chi connectivity index (χ1v) is 9.56. The molecular weight excluding hydrogens is 410 g/mol. The predicted octanol–water partition coefficient (Wildman–Crippen LogP) is 4.81. The van der Waals surface area contributed by atoms with E-state index in [4.69, 9.17) is 9.47 Å². The lowest BCUT2D eigenvalue weighted by Crippen LogP contribution is -2.18. The van der Waals surface area contributed by atoms with Gasteiger partial charge in [0.2, 0.25) is 0 Å². The van der Waals surface area contributed by atoms with Crippen LogP contribution in [-0.2, 0) is 16.0 Å². The smallest absolute Gasteiger partial charge is 0.355 e. The summed E-state index contributed by atoms with van der Waals surface area (Å²) in [6, 6.07) is 15.4. The predicted molar refractivity (Wildman–Crippen MR) is 107 cm³/mol. The van der Waals surface area contributed by atoms with Gasteiger partial charge in [0.05, 0.1) is 13.2 Å². The second-order valence-corrected chi connectivity index (χ2v) is 6.81. The van der Waals surface area contributed by atoms with Crippen LogP contribution < -0.4 is 0 Å². The van der Waals surface area contributed by atoms with Crippen LogP contribution in [0.3, 0.4) is 0 Å². The molecular formula is C21H20BrNO4. The number of aromatic nitrogens is 1. The fourth-order valence-corrected chi connectivity index (χ4v) is 3.44. The Bertz CT molecular complexity index is 979. The van der Waals surface area contributed by atoms with Crippen molar-refractivity contribution in [3.05, 3.63) is 69.8 Å². The van der Waals surface area contributed by atoms with Gasteiger partial charge in [0.1, 0.15) is 11.3 Å². The molecule has 6 heteroatoms. The third-order valence-electron chi connectivity index (χ3n) is 4.16. The minimum atomic E-state index is -0.538. The van der Waals surface area contributed by atoms with Gasteiger partial charge < -0.3 is 14.0 Å². The molecule has 0 fully saturated rings. The van der Waals surface area contributed by atoms with Crippen molar-refractivity contribution in [2.24, 2.45) is 0 Å². The number of carbonyl (C=O) groups is 2. The molecule has 0 amide bonds. The molecule has 5 nitrogen and oxygen atoms in total. The zero-order chi connectivity index (χ0) is 19.4. The molecule has 0 saturated carbocycles. The van der Waals surface area contributed by atoms with E-state index in [2.05, 4.69) is 15.9 Å². The Labute approximate surface area is 166 Å². The van der Waals surface area contributed by atoms with Gasteiger partial charge in [-0.05, 0) is 37.6 Å². The summed E-state index contributed by atoms with van der Waals surface area (Å²) >= 11 is 3.45. The van der Waals surface area contributed by atoms with Crippen molar-refractivity contribution in [1.29, 1.82) is 0 Å². The van der Waals surface area contributed by atoms with Crippen molar-refractivity contribution < 1.29 is 19.1 Å².